The van der Waals surface area contributed by atoms with Crippen LogP contribution in [0.1, 0.15) is 5.56 Å². The molecule has 0 fully saturated rings. The quantitative estimate of drug-likeness (QED) is 0.631. The predicted molar refractivity (Wildman–Crippen MR) is 45.4 cm³/mol. The third-order valence-electron chi connectivity index (χ3n) is 1.21. The van der Waals surface area contributed by atoms with Crippen LogP contribution in [0.15, 0.2) is 15.0 Å². The Kier molecular flexibility index (Phi) is 2.47. The Labute approximate surface area is 75.7 Å². The van der Waals surface area contributed by atoms with Gasteiger partial charge in [-0.1, -0.05) is 15.9 Å². The van der Waals surface area contributed by atoms with Crippen molar-refractivity contribution in [2.75, 3.05) is 0 Å². The van der Waals surface area contributed by atoms with E-state index in [2.05, 4.69) is 37.9 Å². The Bertz CT molecular complexity index is 231. The molecular weight excluding hydrogens is 263 g/mol. The van der Waals surface area contributed by atoms with Gasteiger partial charge in [-0.05, 0) is 34.5 Å². The van der Waals surface area contributed by atoms with Crippen LogP contribution in [0.4, 0.5) is 4.39 Å². The molecule has 0 aliphatic rings. The molecule has 0 atom stereocenters. The Morgan fingerprint density at radius 1 is 1.50 bits per heavy atom. The molecule has 53 valence electrons. The molecule has 3 heteroatoms. The normalized spacial score (nSPS) is 10.0. The second kappa shape index (κ2) is 3.01. The lowest BCUT2D eigenvalue weighted by atomic mass is 10.2. The highest BCUT2D eigenvalue weighted by atomic mass is 79.9. The Balaban J connectivity index is 3.34. The van der Waals surface area contributed by atoms with Crippen molar-refractivity contribution in [3.63, 3.8) is 0 Å². The summed E-state index contributed by atoms with van der Waals surface area (Å²) in [6.45, 7) is 1.82. The summed E-state index contributed by atoms with van der Waals surface area (Å²) in [7, 11) is 0. The number of hydrogen-bond acceptors (Lipinski definition) is 0. The fourth-order valence-electron chi connectivity index (χ4n) is 0.568. The fourth-order valence-corrected chi connectivity index (χ4v) is 1.47. The van der Waals surface area contributed by atoms with Crippen LogP contribution in [-0.4, -0.2) is 0 Å². The summed E-state index contributed by atoms with van der Waals surface area (Å²) in [5, 5.41) is 0. The summed E-state index contributed by atoms with van der Waals surface area (Å²) in [4.78, 5) is 0. The fraction of sp³-hybridized carbons (Fsp3) is 0.143. The van der Waals surface area contributed by atoms with Gasteiger partial charge in [0.2, 0.25) is 0 Å². The maximum Gasteiger partial charge on any atom is 0.145 e. The van der Waals surface area contributed by atoms with Crippen LogP contribution in [0, 0.1) is 18.8 Å². The van der Waals surface area contributed by atoms with E-state index >= 15 is 0 Å². The highest BCUT2D eigenvalue weighted by molar-refractivity contribution is 9.11. The zero-order valence-corrected chi connectivity index (χ0v) is 8.38. The zero-order valence-electron chi connectivity index (χ0n) is 5.21. The van der Waals surface area contributed by atoms with Crippen LogP contribution in [0.3, 0.4) is 0 Å². The number of benzene rings is 1. The van der Waals surface area contributed by atoms with Gasteiger partial charge in [-0.3, -0.25) is 0 Å². The largest absolute Gasteiger partial charge is 0.205 e. The van der Waals surface area contributed by atoms with Crippen molar-refractivity contribution >= 4 is 31.9 Å². The van der Waals surface area contributed by atoms with E-state index < -0.39 is 0 Å². The van der Waals surface area contributed by atoms with Crippen LogP contribution in [0.25, 0.3) is 0 Å². The molecule has 0 N–H and O–H groups in total. The van der Waals surface area contributed by atoms with Crippen molar-refractivity contribution in [1.29, 1.82) is 0 Å². The van der Waals surface area contributed by atoms with Gasteiger partial charge in [0.25, 0.3) is 0 Å². The summed E-state index contributed by atoms with van der Waals surface area (Å²) in [6, 6.07) is 4.01. The van der Waals surface area contributed by atoms with Gasteiger partial charge < -0.3 is 0 Å². The van der Waals surface area contributed by atoms with E-state index in [1.165, 1.54) is 0 Å². The van der Waals surface area contributed by atoms with E-state index in [1.54, 1.807) is 6.07 Å². The minimum atomic E-state index is -0.347. The lowest BCUT2D eigenvalue weighted by molar-refractivity contribution is 0.617. The molecule has 0 heterocycles. The molecule has 0 aliphatic carbocycles. The molecule has 0 amide bonds. The minimum absolute atomic E-state index is 0.347. The first kappa shape index (κ1) is 8.21. The average Bonchev–Trinajstić information content (AvgIpc) is 1.93. The first-order valence-corrected chi connectivity index (χ1v) is 4.23. The molecule has 10 heavy (non-hydrogen) atoms. The van der Waals surface area contributed by atoms with E-state index in [0.29, 0.717) is 4.47 Å². The van der Waals surface area contributed by atoms with Crippen LogP contribution < -0.4 is 0 Å². The summed E-state index contributed by atoms with van der Waals surface area (Å²) in [5.74, 6) is -0.347. The van der Waals surface area contributed by atoms with Gasteiger partial charge in [0.15, 0.2) is 0 Å². The summed E-state index contributed by atoms with van der Waals surface area (Å²) >= 11 is 6.35. The van der Waals surface area contributed by atoms with Crippen molar-refractivity contribution in [2.24, 2.45) is 0 Å². The first-order valence-electron chi connectivity index (χ1n) is 2.64. The van der Waals surface area contributed by atoms with Crippen molar-refractivity contribution < 1.29 is 4.39 Å². The molecule has 1 aromatic carbocycles. The summed E-state index contributed by atoms with van der Waals surface area (Å²) < 4.78 is 14.0. The second-order valence-corrected chi connectivity index (χ2v) is 3.54. The summed E-state index contributed by atoms with van der Waals surface area (Å²) in [5.41, 5.74) is 0.858. The maximum absolute atomic E-state index is 12.6. The van der Waals surface area contributed by atoms with E-state index in [0.717, 1.165) is 10.0 Å². The van der Waals surface area contributed by atoms with Crippen molar-refractivity contribution in [2.45, 2.75) is 6.92 Å². The third-order valence-corrected chi connectivity index (χ3v) is 2.97. The SMILES string of the molecule is Cc1c(Br)c[c]c(F)c1Br. The highest BCUT2D eigenvalue weighted by Crippen LogP contribution is 2.26. The van der Waals surface area contributed by atoms with Crippen LogP contribution in [-0.2, 0) is 0 Å². The molecule has 1 radical (unpaired) electrons. The molecule has 1 aromatic rings. The van der Waals surface area contributed by atoms with E-state index in [9.17, 15) is 4.39 Å². The lowest BCUT2D eigenvalue weighted by Crippen LogP contribution is -1.83. The number of halogens is 3. The molecule has 0 saturated heterocycles. The molecule has 0 unspecified atom stereocenters. The van der Waals surface area contributed by atoms with Gasteiger partial charge in [0.1, 0.15) is 5.82 Å². The zero-order chi connectivity index (χ0) is 7.72. The minimum Gasteiger partial charge on any atom is -0.205 e. The monoisotopic (exact) mass is 265 g/mol. The van der Waals surface area contributed by atoms with Gasteiger partial charge in [0, 0.05) is 10.5 Å². The van der Waals surface area contributed by atoms with Gasteiger partial charge in [-0.25, -0.2) is 4.39 Å². The molecule has 0 bridgehead atoms. The van der Waals surface area contributed by atoms with E-state index in [1.807, 2.05) is 6.92 Å². The van der Waals surface area contributed by atoms with Gasteiger partial charge in [0.05, 0.1) is 4.47 Å². The van der Waals surface area contributed by atoms with Gasteiger partial charge in [-0.2, -0.15) is 0 Å². The molecule has 1 rings (SSSR count). The Morgan fingerprint density at radius 2 is 2.10 bits per heavy atom. The molecule has 0 saturated carbocycles. The van der Waals surface area contributed by atoms with Gasteiger partial charge in [-0.15, -0.1) is 0 Å². The van der Waals surface area contributed by atoms with E-state index in [4.69, 9.17) is 0 Å². The van der Waals surface area contributed by atoms with Crippen molar-refractivity contribution in [3.05, 3.63) is 32.5 Å². The first-order chi connectivity index (χ1) is 4.63. The number of hydrogen-bond donors (Lipinski definition) is 0. The smallest absolute Gasteiger partial charge is 0.145 e. The Hall–Kier alpha value is 0.110. The average molecular weight is 267 g/mol. The van der Waals surface area contributed by atoms with Crippen LogP contribution in [0.5, 0.6) is 0 Å². The van der Waals surface area contributed by atoms with Crippen LogP contribution >= 0.6 is 31.9 Å². The standard InChI is InChI=1S/C7H4Br2F/c1-4-5(8)2-3-6(10)7(4)9/h2H,1H3. The molecule has 0 spiro atoms. The maximum atomic E-state index is 12.6. The second-order valence-electron chi connectivity index (χ2n) is 1.89. The Morgan fingerprint density at radius 3 is 2.60 bits per heavy atom. The molecule has 0 aromatic heterocycles. The lowest BCUT2D eigenvalue weighted by Gasteiger charge is -1.99. The topological polar surface area (TPSA) is 0 Å². The van der Waals surface area contributed by atoms with Crippen LogP contribution in [0.2, 0.25) is 0 Å². The summed E-state index contributed by atoms with van der Waals surface area (Å²) in [6.07, 6.45) is 0. The molecular formula is C7H4Br2F. The molecule has 0 nitrogen and oxygen atoms in total. The predicted octanol–water partition coefficient (Wildman–Crippen LogP) is 3.46. The molecule has 0 aliphatic heterocycles. The third kappa shape index (κ3) is 1.40. The number of rotatable bonds is 0. The highest BCUT2D eigenvalue weighted by Gasteiger charge is 2.04. The van der Waals surface area contributed by atoms with Crippen molar-refractivity contribution in [1.82, 2.24) is 0 Å². The van der Waals surface area contributed by atoms with E-state index in [-0.39, 0.29) is 5.82 Å². The van der Waals surface area contributed by atoms with Crippen molar-refractivity contribution in [3.8, 4) is 0 Å². The van der Waals surface area contributed by atoms with Gasteiger partial charge >= 0.3 is 0 Å².